The van der Waals surface area contributed by atoms with Crippen molar-refractivity contribution in [1.29, 1.82) is 0 Å². The normalized spacial score (nSPS) is 15.2. The molecule has 11 heteroatoms. The number of nitrogens with zero attached hydrogens (tertiary/aromatic N) is 2. The zero-order valence-corrected chi connectivity index (χ0v) is 17.3. The van der Waals surface area contributed by atoms with Gasteiger partial charge in [-0.25, -0.2) is 17.6 Å². The number of halogens is 1. The third-order valence-electron chi connectivity index (χ3n) is 4.29. The van der Waals surface area contributed by atoms with Gasteiger partial charge in [-0.15, -0.1) is 0 Å². The fourth-order valence-electron chi connectivity index (χ4n) is 2.79. The van der Waals surface area contributed by atoms with Crippen molar-refractivity contribution in [1.82, 2.24) is 9.21 Å². The second-order valence-electron chi connectivity index (χ2n) is 6.14. The van der Waals surface area contributed by atoms with Gasteiger partial charge in [-0.3, -0.25) is 0 Å². The number of carbonyl (C=O) groups is 1. The monoisotopic (exact) mass is 441 g/mol. The Bertz CT molecular complexity index is 1000. The first kappa shape index (κ1) is 21.2. The van der Waals surface area contributed by atoms with Gasteiger partial charge in [0.25, 0.3) is 10.0 Å². The van der Waals surface area contributed by atoms with E-state index in [9.17, 15) is 17.6 Å². The molecule has 0 bridgehead atoms. The van der Waals surface area contributed by atoms with Gasteiger partial charge in [0, 0.05) is 26.2 Å². The first-order valence-electron chi connectivity index (χ1n) is 8.90. The minimum Gasteiger partial charge on any atom is -0.460 e. The van der Waals surface area contributed by atoms with E-state index >= 15 is 0 Å². The Labute approximate surface area is 173 Å². The fraction of sp³-hybridized carbons (Fsp3) is 0.333. The zero-order valence-electron chi connectivity index (χ0n) is 15.6. The van der Waals surface area contributed by atoms with Gasteiger partial charge in [0.2, 0.25) is 10.9 Å². The largest absolute Gasteiger partial charge is 0.460 e. The highest BCUT2D eigenvalue weighted by Crippen LogP contribution is 2.21. The lowest BCUT2D eigenvalue weighted by Gasteiger charge is -2.35. The van der Waals surface area contributed by atoms with Crippen LogP contribution < -0.4 is 5.32 Å². The molecule has 1 saturated heterocycles. The molecule has 29 heavy (non-hydrogen) atoms. The van der Waals surface area contributed by atoms with Gasteiger partial charge in [0.05, 0.1) is 12.3 Å². The van der Waals surface area contributed by atoms with Crippen LogP contribution in [0.15, 0.2) is 45.9 Å². The Kier molecular flexibility index (Phi) is 6.50. The molecule has 0 atom stereocenters. The number of nitrogens with one attached hydrogen (secondary N) is 1. The van der Waals surface area contributed by atoms with Crippen LogP contribution in [0, 0.1) is 5.82 Å². The van der Waals surface area contributed by atoms with Crippen LogP contribution >= 0.6 is 12.2 Å². The maximum Gasteiger partial charge on any atom is 0.374 e. The van der Waals surface area contributed by atoms with Gasteiger partial charge in [0.15, 0.2) is 5.11 Å². The van der Waals surface area contributed by atoms with Crippen molar-refractivity contribution in [2.45, 2.75) is 12.0 Å². The molecule has 0 radical (unpaired) electrons. The lowest BCUT2D eigenvalue weighted by atomic mass is 10.3. The topological polar surface area (TPSA) is 92.1 Å². The Balaban J connectivity index is 1.61. The van der Waals surface area contributed by atoms with Gasteiger partial charge in [0.1, 0.15) is 5.82 Å². The molecule has 0 saturated carbocycles. The Morgan fingerprint density at radius 2 is 1.90 bits per heavy atom. The highest BCUT2D eigenvalue weighted by molar-refractivity contribution is 7.89. The van der Waals surface area contributed by atoms with Gasteiger partial charge < -0.3 is 19.4 Å². The van der Waals surface area contributed by atoms with E-state index in [0.29, 0.717) is 18.2 Å². The second kappa shape index (κ2) is 8.89. The molecular weight excluding hydrogens is 421 g/mol. The average Bonchev–Trinajstić information content (AvgIpc) is 3.21. The zero-order chi connectivity index (χ0) is 21.0. The van der Waals surface area contributed by atoms with Gasteiger partial charge in [-0.1, -0.05) is 12.1 Å². The molecule has 2 heterocycles. The molecule has 0 amide bonds. The number of thiocarbonyl (C=S) groups is 1. The third kappa shape index (κ3) is 4.74. The number of carbonyl (C=O) groups excluding carboxylic acids is 1. The summed E-state index contributed by atoms with van der Waals surface area (Å²) in [6.45, 7) is 2.78. The number of anilines is 1. The first-order chi connectivity index (χ1) is 13.8. The van der Waals surface area contributed by atoms with E-state index in [0.717, 1.165) is 0 Å². The number of ether oxygens (including phenoxy) is 1. The maximum absolute atomic E-state index is 13.8. The van der Waals surface area contributed by atoms with Crippen LogP contribution in [-0.2, 0) is 14.8 Å². The van der Waals surface area contributed by atoms with Gasteiger partial charge in [-0.05, 0) is 43.4 Å². The van der Waals surface area contributed by atoms with E-state index in [1.165, 1.54) is 22.5 Å². The van der Waals surface area contributed by atoms with E-state index in [-0.39, 0.29) is 36.2 Å². The summed E-state index contributed by atoms with van der Waals surface area (Å²) in [5, 5.41) is 2.83. The molecule has 1 fully saturated rings. The number of para-hydroxylation sites is 1. The number of piperazine rings is 1. The van der Waals surface area contributed by atoms with Crippen molar-refractivity contribution < 1.29 is 26.8 Å². The predicted molar refractivity (Wildman–Crippen MR) is 108 cm³/mol. The van der Waals surface area contributed by atoms with E-state index < -0.39 is 21.8 Å². The van der Waals surface area contributed by atoms with Crippen LogP contribution in [0.2, 0.25) is 0 Å². The molecule has 1 N–H and O–H groups in total. The summed E-state index contributed by atoms with van der Waals surface area (Å²) in [6.07, 6.45) is 0. The minimum absolute atomic E-state index is 0.157. The minimum atomic E-state index is -3.90. The van der Waals surface area contributed by atoms with Crippen molar-refractivity contribution in [2.24, 2.45) is 0 Å². The number of esters is 1. The molecule has 1 aromatic carbocycles. The number of hydrogen-bond donors (Lipinski definition) is 1. The van der Waals surface area contributed by atoms with Crippen LogP contribution in [0.25, 0.3) is 0 Å². The van der Waals surface area contributed by atoms with Crippen molar-refractivity contribution in [2.75, 3.05) is 38.1 Å². The molecule has 0 unspecified atom stereocenters. The van der Waals surface area contributed by atoms with Crippen LogP contribution in [0.3, 0.4) is 0 Å². The molecule has 0 spiro atoms. The summed E-state index contributed by atoms with van der Waals surface area (Å²) < 4.78 is 50.5. The van der Waals surface area contributed by atoms with Gasteiger partial charge in [-0.2, -0.15) is 4.31 Å². The fourth-order valence-corrected chi connectivity index (χ4v) is 4.41. The maximum atomic E-state index is 13.8. The number of furan rings is 1. The molecule has 2 aromatic rings. The number of rotatable bonds is 5. The van der Waals surface area contributed by atoms with Crippen LogP contribution in [0.4, 0.5) is 10.1 Å². The molecule has 1 aromatic heterocycles. The highest BCUT2D eigenvalue weighted by Gasteiger charge is 2.32. The third-order valence-corrected chi connectivity index (χ3v) is 6.43. The summed E-state index contributed by atoms with van der Waals surface area (Å²) in [6, 6.07) is 8.66. The van der Waals surface area contributed by atoms with Gasteiger partial charge >= 0.3 is 5.97 Å². The lowest BCUT2D eigenvalue weighted by molar-refractivity contribution is 0.0483. The molecule has 8 nitrogen and oxygen atoms in total. The SMILES string of the molecule is CCOC(=O)c1ccc(S(=O)(=O)N2CCN(C(=S)Nc3ccccc3F)CC2)o1. The standard InChI is InChI=1S/C18H20FN3O5S2/c1-2-26-17(23)15-7-8-16(27-15)29(24,25)22-11-9-21(10-12-22)18(28)20-14-6-4-3-5-13(14)19/h3-8H,2,9-12H2,1H3,(H,20,28). The lowest BCUT2D eigenvalue weighted by Crippen LogP contribution is -2.51. The van der Waals surface area contributed by atoms with E-state index in [4.69, 9.17) is 21.4 Å². The summed E-state index contributed by atoms with van der Waals surface area (Å²) >= 11 is 5.31. The summed E-state index contributed by atoms with van der Waals surface area (Å²) in [7, 11) is -3.90. The summed E-state index contributed by atoms with van der Waals surface area (Å²) in [5.74, 6) is -1.31. The van der Waals surface area contributed by atoms with E-state index in [1.54, 1.807) is 30.0 Å². The molecule has 3 rings (SSSR count). The van der Waals surface area contributed by atoms with E-state index in [1.807, 2.05) is 0 Å². The molecule has 1 aliphatic rings. The molecule has 1 aliphatic heterocycles. The molecule has 0 aliphatic carbocycles. The van der Waals surface area contributed by atoms with Crippen LogP contribution in [0.5, 0.6) is 0 Å². The quantitative estimate of drug-likeness (QED) is 0.558. The van der Waals surface area contributed by atoms with Crippen LogP contribution in [-0.4, -0.2) is 61.5 Å². The number of benzene rings is 1. The van der Waals surface area contributed by atoms with E-state index in [2.05, 4.69) is 5.32 Å². The van der Waals surface area contributed by atoms with Crippen LogP contribution in [0.1, 0.15) is 17.5 Å². The Morgan fingerprint density at radius 1 is 1.21 bits per heavy atom. The average molecular weight is 442 g/mol. The van der Waals surface area contributed by atoms with Crippen molar-refractivity contribution >= 4 is 39.0 Å². The smallest absolute Gasteiger partial charge is 0.374 e. The molecule has 156 valence electrons. The second-order valence-corrected chi connectivity index (χ2v) is 8.40. The number of sulfonamides is 1. The van der Waals surface area contributed by atoms with Crippen molar-refractivity contribution in [3.63, 3.8) is 0 Å². The summed E-state index contributed by atoms with van der Waals surface area (Å²) in [5.41, 5.74) is 0.259. The summed E-state index contributed by atoms with van der Waals surface area (Å²) in [4.78, 5) is 13.4. The number of hydrogen-bond acceptors (Lipinski definition) is 6. The Morgan fingerprint density at radius 3 is 2.55 bits per heavy atom. The predicted octanol–water partition coefficient (Wildman–Crippen LogP) is 2.30. The van der Waals surface area contributed by atoms with Crippen molar-refractivity contribution in [3.8, 4) is 0 Å². The molecular formula is C18H20FN3O5S2. The van der Waals surface area contributed by atoms with Crippen molar-refractivity contribution in [3.05, 3.63) is 48.0 Å². The first-order valence-corrected chi connectivity index (χ1v) is 10.8. The highest BCUT2D eigenvalue weighted by atomic mass is 32.2. The Hall–Kier alpha value is -2.50.